The smallest absolute Gasteiger partial charge is 0.326 e. The molecule has 9 amide bonds. The Hall–Kier alpha value is -8.53. The molecule has 1 aromatic carbocycles. The SMILES string of the molecule is CC[C@H](C)[C@H](NC(=O)[C@@H](NC(=O)[C@H](CC(C)C)NC(=O)[C@H](Cc1cnc[nH]1)NC(=O)[C@H](Cc1ccccc1)NC(=O)[C@@H]1CCCN1C(=O)[C@H](Cc1cnc[nH]1)NC(=O)[C@@H]1CCCN1)C(C)C)C(=O)N[C@@H](Cc1cnc[nH]1)C(=O)N[C@@H](CCCCN)C(=O)O. The molecule has 0 bridgehead atoms. The number of likely N-dealkylation sites (tertiary alicyclic amines) is 1. The first kappa shape index (κ1) is 68.6. The molecule has 2 aliphatic rings. The number of H-pyrrole nitrogens is 3. The molecule has 5 heterocycles. The molecule has 15 N–H and O–H groups in total. The number of amides is 9. The largest absolute Gasteiger partial charge is 0.480 e. The van der Waals surface area contributed by atoms with Crippen LogP contribution in [0.25, 0.3) is 0 Å². The first-order valence-corrected chi connectivity index (χ1v) is 30.5. The van der Waals surface area contributed by atoms with Gasteiger partial charge in [0.1, 0.15) is 54.4 Å². The van der Waals surface area contributed by atoms with Gasteiger partial charge in [-0.25, -0.2) is 19.7 Å². The molecule has 88 heavy (non-hydrogen) atoms. The minimum atomic E-state index is -1.37. The number of carboxylic acids is 1. The van der Waals surface area contributed by atoms with Gasteiger partial charge in [0.15, 0.2) is 0 Å². The predicted octanol–water partition coefficient (Wildman–Crippen LogP) is -0.290. The highest BCUT2D eigenvalue weighted by Gasteiger charge is 2.41. The number of rotatable bonds is 35. The number of nitrogens with one attached hydrogen (secondary N) is 12. The number of hydrogen-bond donors (Lipinski definition) is 14. The second kappa shape index (κ2) is 34.1. The number of carboxylic acid groups (broad SMARTS) is 1. The van der Waals surface area contributed by atoms with E-state index in [1.165, 1.54) is 36.3 Å². The number of carbonyl (C=O) groups is 10. The van der Waals surface area contributed by atoms with Crippen molar-refractivity contribution in [2.24, 2.45) is 23.5 Å². The summed E-state index contributed by atoms with van der Waals surface area (Å²) in [5.41, 5.74) is 7.79. The van der Waals surface area contributed by atoms with E-state index in [0.717, 1.165) is 6.42 Å². The van der Waals surface area contributed by atoms with Crippen LogP contribution in [0.2, 0.25) is 0 Å². The lowest BCUT2D eigenvalue weighted by Gasteiger charge is -2.31. The van der Waals surface area contributed by atoms with E-state index in [9.17, 15) is 53.1 Å². The van der Waals surface area contributed by atoms with Gasteiger partial charge >= 0.3 is 5.97 Å². The van der Waals surface area contributed by atoms with Crippen LogP contribution in [0, 0.1) is 17.8 Å². The fourth-order valence-corrected chi connectivity index (χ4v) is 10.7. The maximum atomic E-state index is 14.8. The number of nitrogens with zero attached hydrogens (tertiary/aromatic N) is 4. The first-order chi connectivity index (χ1) is 42.1. The Morgan fingerprint density at radius 3 is 1.61 bits per heavy atom. The molecule has 28 nitrogen and oxygen atoms in total. The van der Waals surface area contributed by atoms with Gasteiger partial charge in [0, 0.05) is 67.9 Å². The third kappa shape index (κ3) is 20.6. The summed E-state index contributed by atoms with van der Waals surface area (Å²) in [6, 6.07) is -2.63. The summed E-state index contributed by atoms with van der Waals surface area (Å²) in [6.07, 6.45) is 12.3. The quantitative estimate of drug-likeness (QED) is 0.0263. The number of unbranched alkanes of at least 4 members (excludes halogenated alkanes) is 1. The van der Waals surface area contributed by atoms with E-state index in [1.807, 2.05) is 13.8 Å². The van der Waals surface area contributed by atoms with Gasteiger partial charge in [-0.1, -0.05) is 78.3 Å². The Bertz CT molecular complexity index is 2900. The highest BCUT2D eigenvalue weighted by Crippen LogP contribution is 2.22. The number of hydrogen-bond acceptors (Lipinski definition) is 15. The van der Waals surface area contributed by atoms with Crippen molar-refractivity contribution in [3.63, 3.8) is 0 Å². The summed E-state index contributed by atoms with van der Waals surface area (Å²) in [6.45, 7) is 11.8. The fraction of sp³-hybridized carbons (Fsp3) is 0.583. The molecule has 2 saturated heterocycles. The molecule has 6 rings (SSSR count). The monoisotopic (exact) mass is 1220 g/mol. The van der Waals surface area contributed by atoms with Crippen molar-refractivity contribution in [2.45, 2.75) is 185 Å². The molecule has 0 radical (unpaired) electrons. The third-order valence-electron chi connectivity index (χ3n) is 15.9. The molecule has 11 atom stereocenters. The molecule has 0 aliphatic carbocycles. The van der Waals surface area contributed by atoms with Crippen LogP contribution >= 0.6 is 0 Å². The zero-order valence-corrected chi connectivity index (χ0v) is 51.1. The second-order valence-corrected chi connectivity index (χ2v) is 23.6. The number of aliphatic carboxylic acids is 1. The van der Waals surface area contributed by atoms with E-state index in [4.69, 9.17) is 5.73 Å². The van der Waals surface area contributed by atoms with Crippen LogP contribution in [0.4, 0.5) is 0 Å². The molecule has 3 aromatic heterocycles. The average molecular weight is 1220 g/mol. The van der Waals surface area contributed by atoms with Crippen molar-refractivity contribution in [1.29, 1.82) is 0 Å². The van der Waals surface area contributed by atoms with Crippen LogP contribution in [0.5, 0.6) is 0 Å². The summed E-state index contributed by atoms with van der Waals surface area (Å²) in [4.78, 5) is 164. The Morgan fingerprint density at radius 2 is 1.10 bits per heavy atom. The van der Waals surface area contributed by atoms with Gasteiger partial charge in [-0.2, -0.15) is 0 Å². The molecule has 2 aliphatic heterocycles. The molecule has 0 unspecified atom stereocenters. The van der Waals surface area contributed by atoms with Gasteiger partial charge in [0.25, 0.3) is 0 Å². The zero-order chi connectivity index (χ0) is 63.9. The van der Waals surface area contributed by atoms with Crippen molar-refractivity contribution in [2.75, 3.05) is 19.6 Å². The normalized spacial score (nSPS) is 17.9. The minimum Gasteiger partial charge on any atom is -0.480 e. The van der Waals surface area contributed by atoms with E-state index < -0.39 is 125 Å². The average Bonchev–Trinajstić information content (AvgIpc) is 4.48. The summed E-state index contributed by atoms with van der Waals surface area (Å²) in [7, 11) is 0. The maximum Gasteiger partial charge on any atom is 0.326 e. The molecule has 28 heteroatoms. The minimum absolute atomic E-state index is 0.0226. The highest BCUT2D eigenvalue weighted by atomic mass is 16.4. The lowest BCUT2D eigenvalue weighted by atomic mass is 9.95. The summed E-state index contributed by atoms with van der Waals surface area (Å²) in [5.74, 6) is -8.50. The number of aromatic amines is 3. The van der Waals surface area contributed by atoms with E-state index in [0.29, 0.717) is 67.8 Å². The molecule has 480 valence electrons. The number of carbonyl (C=O) groups excluding carboxylic acids is 9. The van der Waals surface area contributed by atoms with E-state index >= 15 is 0 Å². The van der Waals surface area contributed by atoms with Crippen LogP contribution in [0.3, 0.4) is 0 Å². The van der Waals surface area contributed by atoms with Gasteiger partial charge in [-0.05, 0) is 87.8 Å². The Morgan fingerprint density at radius 1 is 0.591 bits per heavy atom. The molecule has 0 spiro atoms. The van der Waals surface area contributed by atoms with Crippen LogP contribution < -0.4 is 53.6 Å². The van der Waals surface area contributed by atoms with E-state index in [2.05, 4.69) is 77.8 Å². The Labute approximate surface area is 512 Å². The topological polar surface area (TPSA) is 414 Å². The summed E-state index contributed by atoms with van der Waals surface area (Å²) in [5, 5.41) is 35.3. The van der Waals surface area contributed by atoms with Gasteiger partial charge in [0.2, 0.25) is 53.2 Å². The van der Waals surface area contributed by atoms with Gasteiger partial charge in [-0.3, -0.25) is 43.2 Å². The van der Waals surface area contributed by atoms with Gasteiger partial charge in [0.05, 0.1) is 25.0 Å². The zero-order valence-electron chi connectivity index (χ0n) is 51.1. The van der Waals surface area contributed by atoms with E-state index in [-0.39, 0.29) is 63.3 Å². The van der Waals surface area contributed by atoms with Crippen molar-refractivity contribution in [1.82, 2.24) is 82.7 Å². The summed E-state index contributed by atoms with van der Waals surface area (Å²) >= 11 is 0. The van der Waals surface area contributed by atoms with Crippen LogP contribution in [-0.2, 0) is 73.6 Å². The van der Waals surface area contributed by atoms with E-state index in [1.54, 1.807) is 64.2 Å². The van der Waals surface area contributed by atoms with Gasteiger partial charge in [-0.15, -0.1) is 0 Å². The standard InChI is InChI=1S/C60H89N17O11/c1-7-36(6)50(58(85)73-46(26-39-29-63-32-67-39)53(80)69-42(60(87)88)17-11-12-20-61)76-57(84)49(35(4)5)75-55(82)43(23-34(2)3)70-54(81)45(25-38-28-62-31-66-38)71-52(79)44(24-37-15-9-8-10-16-37)72-56(83)48-19-14-22-77(48)59(86)47(27-40-30-64-33-68-40)74-51(78)41-18-13-21-65-41/h8-10,15-16,28-36,41-50,65H,7,11-14,17-27,61H2,1-6H3,(H,62,66)(H,63,67)(H,64,68)(H,69,80)(H,70,81)(H,71,79)(H,72,83)(H,73,85)(H,74,78)(H,75,82)(H,76,84)(H,87,88)/t36-,41-,42-,43-,44-,45-,46-,47-,48-,49-,50-/m0/s1. The van der Waals surface area contributed by atoms with Crippen molar-refractivity contribution < 1.29 is 53.1 Å². The highest BCUT2D eigenvalue weighted by molar-refractivity contribution is 5.99. The maximum absolute atomic E-state index is 14.8. The lowest BCUT2D eigenvalue weighted by molar-refractivity contribution is -0.142. The first-order valence-electron chi connectivity index (χ1n) is 30.5. The third-order valence-corrected chi connectivity index (χ3v) is 15.9. The number of imidazole rings is 3. The van der Waals surface area contributed by atoms with Crippen molar-refractivity contribution in [3.8, 4) is 0 Å². The Balaban J connectivity index is 1.18. The van der Waals surface area contributed by atoms with Crippen LogP contribution in [-0.4, -0.2) is 179 Å². The fourth-order valence-electron chi connectivity index (χ4n) is 10.7. The molecule has 0 saturated carbocycles. The summed E-state index contributed by atoms with van der Waals surface area (Å²) < 4.78 is 0. The van der Waals surface area contributed by atoms with Crippen LogP contribution in [0.15, 0.2) is 67.9 Å². The van der Waals surface area contributed by atoms with Crippen LogP contribution in [0.1, 0.15) is 122 Å². The number of aromatic nitrogens is 6. The molecular weight excluding hydrogens is 1130 g/mol. The predicted molar refractivity (Wildman–Crippen MR) is 323 cm³/mol. The lowest BCUT2D eigenvalue weighted by Crippen LogP contribution is -2.62. The Kier molecular flexibility index (Phi) is 26.6. The molecule has 4 aromatic rings. The number of benzene rings is 1. The second-order valence-electron chi connectivity index (χ2n) is 23.6. The van der Waals surface area contributed by atoms with Crippen molar-refractivity contribution in [3.05, 3.63) is 90.5 Å². The molecule has 2 fully saturated rings. The van der Waals surface area contributed by atoms with Gasteiger partial charge < -0.3 is 78.5 Å². The number of nitrogens with two attached hydrogens (primary N) is 1. The van der Waals surface area contributed by atoms with Crippen molar-refractivity contribution >= 4 is 59.1 Å². The molecular formula is C60H89N17O11.